The number of carbonyl (C=O) groups is 2. The predicted octanol–water partition coefficient (Wildman–Crippen LogP) is 6.67. The minimum atomic E-state index is -0.449. The monoisotopic (exact) mass is 451 g/mol. The highest BCUT2D eigenvalue weighted by Gasteiger charge is 2.38. The zero-order valence-electron chi connectivity index (χ0n) is 18.0. The first-order chi connectivity index (χ1) is 14.8. The second-order valence-corrected chi connectivity index (χ2v) is 10.9. The molecule has 160 valence electrons. The van der Waals surface area contributed by atoms with Gasteiger partial charge in [-0.2, -0.15) is 0 Å². The van der Waals surface area contributed by atoms with E-state index in [1.165, 1.54) is 0 Å². The van der Waals surface area contributed by atoms with Gasteiger partial charge in [-0.1, -0.05) is 74.8 Å². The van der Waals surface area contributed by atoms with Gasteiger partial charge in [0.1, 0.15) is 6.29 Å². The average Bonchev–Trinajstić information content (AvgIpc) is 2.83. The van der Waals surface area contributed by atoms with Crippen molar-refractivity contribution in [2.45, 2.75) is 37.7 Å². The van der Waals surface area contributed by atoms with E-state index < -0.39 is 5.25 Å². The molecule has 0 aromatic heterocycles. The molecule has 3 nitrogen and oxygen atoms in total. The van der Waals surface area contributed by atoms with Crippen molar-refractivity contribution in [1.82, 2.24) is 0 Å². The zero-order chi connectivity index (χ0) is 22.2. The van der Waals surface area contributed by atoms with Gasteiger partial charge in [-0.05, 0) is 45.5 Å². The van der Waals surface area contributed by atoms with Crippen LogP contribution in [-0.4, -0.2) is 24.0 Å². The fraction of sp³-hybridized carbons (Fsp3) is 0.308. The van der Waals surface area contributed by atoms with Crippen LogP contribution in [-0.2, 0) is 9.59 Å². The molecule has 3 aromatic carbocycles. The normalized spacial score (nSPS) is 19.2. The summed E-state index contributed by atoms with van der Waals surface area (Å²) in [6.07, 6.45) is 1.04. The molecule has 1 heterocycles. The Hall–Kier alpha value is -2.30. The summed E-state index contributed by atoms with van der Waals surface area (Å²) < 4.78 is 0. The summed E-state index contributed by atoms with van der Waals surface area (Å²) >= 11 is 8.00. The van der Waals surface area contributed by atoms with Gasteiger partial charge in [0.05, 0.1) is 10.5 Å². The number of hydrogen-bond acceptors (Lipinski definition) is 3. The number of anilines is 1. The van der Waals surface area contributed by atoms with Gasteiger partial charge in [0.2, 0.25) is 5.91 Å². The molecule has 4 rings (SSSR count). The molecule has 2 unspecified atom stereocenters. The Morgan fingerprint density at radius 2 is 1.77 bits per heavy atom. The van der Waals surface area contributed by atoms with Crippen molar-refractivity contribution in [2.75, 3.05) is 11.4 Å². The first kappa shape index (κ1) is 21.9. The number of hydrogen-bond donors (Lipinski definition) is 0. The first-order valence-corrected chi connectivity index (χ1v) is 11.8. The quantitative estimate of drug-likeness (QED) is 0.416. The molecule has 0 N–H and O–H groups in total. The zero-order valence-corrected chi connectivity index (χ0v) is 19.5. The lowest BCUT2D eigenvalue weighted by molar-refractivity contribution is -0.120. The van der Waals surface area contributed by atoms with Gasteiger partial charge >= 0.3 is 0 Å². The number of benzene rings is 3. The smallest absolute Gasteiger partial charge is 0.240 e. The Morgan fingerprint density at radius 3 is 2.52 bits per heavy atom. The van der Waals surface area contributed by atoms with Gasteiger partial charge in [-0.3, -0.25) is 4.79 Å². The summed E-state index contributed by atoms with van der Waals surface area (Å²) in [6.45, 7) is 6.92. The fourth-order valence-electron chi connectivity index (χ4n) is 4.17. The molecule has 0 fully saturated rings. The Bertz CT molecular complexity index is 1130. The molecule has 0 saturated carbocycles. The highest BCUT2D eigenvalue weighted by molar-refractivity contribution is 8.01. The third-order valence-electron chi connectivity index (χ3n) is 5.45. The van der Waals surface area contributed by atoms with Gasteiger partial charge in [-0.15, -0.1) is 11.8 Å². The van der Waals surface area contributed by atoms with Crippen molar-refractivity contribution < 1.29 is 9.59 Å². The number of amides is 1. The van der Waals surface area contributed by atoms with Crippen molar-refractivity contribution in [2.24, 2.45) is 5.41 Å². The third kappa shape index (κ3) is 4.51. The van der Waals surface area contributed by atoms with E-state index in [0.29, 0.717) is 11.6 Å². The molecule has 0 bridgehead atoms. The largest absolute Gasteiger partial charge is 0.311 e. The number of rotatable bonds is 4. The summed E-state index contributed by atoms with van der Waals surface area (Å²) in [5.41, 5.74) is 2.93. The lowest BCUT2D eigenvalue weighted by atomic mass is 9.93. The average molecular weight is 452 g/mol. The Labute approximate surface area is 192 Å². The van der Waals surface area contributed by atoms with E-state index in [0.717, 1.165) is 33.9 Å². The lowest BCUT2D eigenvalue weighted by Crippen LogP contribution is -2.42. The Kier molecular flexibility index (Phi) is 6.14. The van der Waals surface area contributed by atoms with E-state index in [2.05, 4.69) is 51.1 Å². The van der Waals surface area contributed by atoms with E-state index in [-0.39, 0.29) is 23.0 Å². The van der Waals surface area contributed by atoms with Crippen LogP contribution in [0, 0.1) is 5.41 Å². The minimum absolute atomic E-state index is 0.0154. The van der Waals surface area contributed by atoms with Crippen LogP contribution in [0.3, 0.4) is 0 Å². The van der Waals surface area contributed by atoms with Crippen LogP contribution in [0.15, 0.2) is 60.7 Å². The summed E-state index contributed by atoms with van der Waals surface area (Å²) in [4.78, 5) is 27.0. The van der Waals surface area contributed by atoms with Gasteiger partial charge in [0.25, 0.3) is 0 Å². The van der Waals surface area contributed by atoms with Crippen LogP contribution < -0.4 is 4.90 Å². The highest BCUT2D eigenvalue weighted by Crippen LogP contribution is 2.49. The maximum Gasteiger partial charge on any atom is 0.240 e. The van der Waals surface area contributed by atoms with Crippen LogP contribution >= 0.6 is 23.4 Å². The Balaban J connectivity index is 1.96. The number of thioether (sulfide) groups is 1. The number of nitrogens with zero attached hydrogens (tertiary/aromatic N) is 1. The maximum absolute atomic E-state index is 13.6. The molecule has 1 amide bonds. The Morgan fingerprint density at radius 1 is 1.03 bits per heavy atom. The molecule has 0 aliphatic carbocycles. The van der Waals surface area contributed by atoms with Crippen LogP contribution in [0.1, 0.15) is 43.6 Å². The molecule has 2 atom stereocenters. The first-order valence-electron chi connectivity index (χ1n) is 10.5. The van der Waals surface area contributed by atoms with Crippen molar-refractivity contribution in [3.63, 3.8) is 0 Å². The van der Waals surface area contributed by atoms with Crippen molar-refractivity contribution in [3.05, 3.63) is 76.8 Å². The SMILES string of the molecule is CC(C)(C)CN1C(=O)C(CC=O)SC(c2cccc3ccccc23)c2cc(Cl)ccc21. The second kappa shape index (κ2) is 8.68. The van der Waals surface area contributed by atoms with Crippen LogP contribution in [0.2, 0.25) is 5.02 Å². The van der Waals surface area contributed by atoms with Gasteiger partial charge in [0, 0.05) is 23.7 Å². The van der Waals surface area contributed by atoms with Crippen LogP contribution in [0.4, 0.5) is 5.69 Å². The number of halogens is 1. The van der Waals surface area contributed by atoms with E-state index in [1.807, 2.05) is 35.2 Å². The fourth-order valence-corrected chi connectivity index (χ4v) is 5.80. The third-order valence-corrected chi connectivity index (χ3v) is 7.19. The molecule has 0 radical (unpaired) electrons. The molecular weight excluding hydrogens is 426 g/mol. The summed E-state index contributed by atoms with van der Waals surface area (Å²) in [5.74, 6) is -0.0154. The molecular formula is C26H26ClNO2S. The standard InChI is InChI=1S/C26H26ClNO2S/c1-26(2,3)16-28-22-12-11-18(27)15-21(22)24(31-23(13-14-29)25(28)30)20-10-6-8-17-7-4-5-9-19(17)20/h4-12,14-15,23-24H,13,16H2,1-3H3. The topological polar surface area (TPSA) is 37.4 Å². The molecule has 0 spiro atoms. The maximum atomic E-state index is 13.6. The predicted molar refractivity (Wildman–Crippen MR) is 131 cm³/mol. The molecule has 31 heavy (non-hydrogen) atoms. The van der Waals surface area contributed by atoms with Crippen LogP contribution in [0.25, 0.3) is 10.8 Å². The molecule has 1 aliphatic heterocycles. The molecule has 3 aromatic rings. The highest BCUT2D eigenvalue weighted by atomic mass is 35.5. The van der Waals surface area contributed by atoms with E-state index in [4.69, 9.17) is 11.6 Å². The minimum Gasteiger partial charge on any atom is -0.311 e. The van der Waals surface area contributed by atoms with Gasteiger partial charge in [-0.25, -0.2) is 0 Å². The number of aldehydes is 1. The van der Waals surface area contributed by atoms with Gasteiger partial charge < -0.3 is 9.69 Å². The van der Waals surface area contributed by atoms with Crippen molar-refractivity contribution >= 4 is 52.0 Å². The summed E-state index contributed by atoms with van der Waals surface area (Å²) in [7, 11) is 0. The van der Waals surface area contributed by atoms with Crippen molar-refractivity contribution in [3.8, 4) is 0 Å². The van der Waals surface area contributed by atoms with Gasteiger partial charge in [0.15, 0.2) is 0 Å². The van der Waals surface area contributed by atoms with E-state index in [1.54, 1.807) is 11.8 Å². The summed E-state index contributed by atoms with van der Waals surface area (Å²) in [6, 6.07) is 20.3. The molecule has 0 saturated heterocycles. The second-order valence-electron chi connectivity index (χ2n) is 9.16. The summed E-state index contributed by atoms with van der Waals surface area (Å²) in [5, 5.41) is 2.38. The van der Waals surface area contributed by atoms with Crippen molar-refractivity contribution in [1.29, 1.82) is 0 Å². The number of fused-ring (bicyclic) bond motifs is 2. The lowest BCUT2D eigenvalue weighted by Gasteiger charge is -2.31. The number of carbonyl (C=O) groups excluding carboxylic acids is 2. The van der Waals surface area contributed by atoms with Crippen LogP contribution in [0.5, 0.6) is 0 Å². The van der Waals surface area contributed by atoms with E-state index >= 15 is 0 Å². The molecule has 5 heteroatoms. The van der Waals surface area contributed by atoms with E-state index in [9.17, 15) is 9.59 Å². The molecule has 1 aliphatic rings.